The van der Waals surface area contributed by atoms with Gasteiger partial charge in [0.2, 0.25) is 0 Å². The SMILES string of the molecule is CC(C)c1nc2c(c(Nc3ccc(C(F)(F)F)cc3)n1)CCCN(C)CC2.Nc1ccccc1. The van der Waals surface area contributed by atoms with E-state index in [1.54, 1.807) is 0 Å². The quantitative estimate of drug-likeness (QED) is 0.455. The molecule has 0 aliphatic carbocycles. The van der Waals surface area contributed by atoms with E-state index in [4.69, 9.17) is 10.7 Å². The van der Waals surface area contributed by atoms with Crippen molar-refractivity contribution in [3.8, 4) is 0 Å². The van der Waals surface area contributed by atoms with Gasteiger partial charge in [-0.3, -0.25) is 0 Å². The highest BCUT2D eigenvalue weighted by atomic mass is 19.4. The number of alkyl halides is 3. The Morgan fingerprint density at radius 3 is 2.18 bits per heavy atom. The molecule has 1 aliphatic heterocycles. The highest BCUT2D eigenvalue weighted by Gasteiger charge is 2.30. The maximum absolute atomic E-state index is 12.8. The number of anilines is 3. The molecule has 0 unspecified atom stereocenters. The van der Waals surface area contributed by atoms with Crippen LogP contribution in [0.5, 0.6) is 0 Å². The third-order valence-corrected chi connectivity index (χ3v) is 5.60. The van der Waals surface area contributed by atoms with Crippen LogP contribution in [0.3, 0.4) is 0 Å². The molecule has 0 amide bonds. The Morgan fingerprint density at radius 2 is 1.62 bits per heavy atom. The van der Waals surface area contributed by atoms with E-state index in [9.17, 15) is 13.2 Å². The summed E-state index contributed by atoms with van der Waals surface area (Å²) >= 11 is 0. The van der Waals surface area contributed by atoms with Crippen LogP contribution in [0, 0.1) is 0 Å². The molecule has 3 N–H and O–H groups in total. The summed E-state index contributed by atoms with van der Waals surface area (Å²) in [4.78, 5) is 11.8. The maximum Gasteiger partial charge on any atom is 0.416 e. The van der Waals surface area contributed by atoms with Crippen molar-refractivity contribution < 1.29 is 13.2 Å². The Kier molecular flexibility index (Phi) is 8.50. The van der Waals surface area contributed by atoms with Crippen LogP contribution in [0.2, 0.25) is 0 Å². The van der Waals surface area contributed by atoms with E-state index >= 15 is 0 Å². The van der Waals surface area contributed by atoms with Gasteiger partial charge in [-0.2, -0.15) is 13.2 Å². The summed E-state index contributed by atoms with van der Waals surface area (Å²) in [6.45, 7) is 6.02. The van der Waals surface area contributed by atoms with E-state index in [0.29, 0.717) is 11.5 Å². The van der Waals surface area contributed by atoms with E-state index in [1.807, 2.05) is 44.2 Å². The van der Waals surface area contributed by atoms with Gasteiger partial charge < -0.3 is 16.0 Å². The van der Waals surface area contributed by atoms with Gasteiger partial charge in [-0.05, 0) is 62.8 Å². The van der Waals surface area contributed by atoms with Crippen molar-refractivity contribution in [1.82, 2.24) is 14.9 Å². The smallest absolute Gasteiger partial charge is 0.399 e. The number of nitrogens with zero attached hydrogens (tertiary/aromatic N) is 3. The van der Waals surface area contributed by atoms with Gasteiger partial charge in [0.1, 0.15) is 11.6 Å². The fourth-order valence-corrected chi connectivity index (χ4v) is 3.65. The Labute approximate surface area is 199 Å². The fourth-order valence-electron chi connectivity index (χ4n) is 3.65. The van der Waals surface area contributed by atoms with Crippen molar-refractivity contribution >= 4 is 17.2 Å². The lowest BCUT2D eigenvalue weighted by Crippen LogP contribution is -2.26. The van der Waals surface area contributed by atoms with Gasteiger partial charge in [0.25, 0.3) is 0 Å². The lowest BCUT2D eigenvalue weighted by Gasteiger charge is -2.24. The van der Waals surface area contributed by atoms with Crippen LogP contribution >= 0.6 is 0 Å². The number of rotatable bonds is 3. The molecule has 0 bridgehead atoms. The van der Waals surface area contributed by atoms with Gasteiger partial charge in [-0.1, -0.05) is 32.0 Å². The van der Waals surface area contributed by atoms with Crippen LogP contribution in [0.1, 0.15) is 48.8 Å². The topological polar surface area (TPSA) is 67.1 Å². The molecule has 3 aromatic rings. The van der Waals surface area contributed by atoms with Gasteiger partial charge in [0.05, 0.1) is 11.3 Å². The van der Waals surface area contributed by atoms with Crippen LogP contribution < -0.4 is 11.1 Å². The van der Waals surface area contributed by atoms with Gasteiger partial charge in [0.15, 0.2) is 0 Å². The lowest BCUT2D eigenvalue weighted by molar-refractivity contribution is -0.137. The van der Waals surface area contributed by atoms with Gasteiger partial charge >= 0.3 is 6.18 Å². The van der Waals surface area contributed by atoms with E-state index in [-0.39, 0.29) is 5.92 Å². The molecule has 0 radical (unpaired) electrons. The maximum atomic E-state index is 12.8. The molecule has 1 aliphatic rings. The van der Waals surface area contributed by atoms with Gasteiger partial charge in [0, 0.05) is 35.8 Å². The average Bonchev–Trinajstić information content (AvgIpc) is 2.78. The highest BCUT2D eigenvalue weighted by molar-refractivity contribution is 5.61. The van der Waals surface area contributed by atoms with Crippen molar-refractivity contribution in [3.63, 3.8) is 0 Å². The number of nitrogen functional groups attached to an aromatic ring is 1. The van der Waals surface area contributed by atoms with Crippen LogP contribution in [-0.4, -0.2) is 35.0 Å². The Morgan fingerprint density at radius 1 is 0.941 bits per heavy atom. The molecule has 0 atom stereocenters. The lowest BCUT2D eigenvalue weighted by atomic mass is 10.0. The molecule has 8 heteroatoms. The summed E-state index contributed by atoms with van der Waals surface area (Å²) in [5.74, 6) is 1.64. The highest BCUT2D eigenvalue weighted by Crippen LogP contribution is 2.31. The molecule has 5 nitrogen and oxygen atoms in total. The van der Waals surface area contributed by atoms with E-state index in [0.717, 1.165) is 67.3 Å². The zero-order valence-electron chi connectivity index (χ0n) is 19.9. The standard InChI is InChI=1S/C20H25F3N4.C6H7N/c1-13(2)18-25-17-10-12-27(3)11-4-5-16(17)19(26-18)24-15-8-6-14(7-9-15)20(21,22)23;7-6-4-2-1-3-5-6/h6-9,13H,4-5,10-12H2,1-3H3,(H,24,25,26);1-5H,7H2. The second-order valence-electron chi connectivity index (χ2n) is 8.78. The molecule has 2 aromatic carbocycles. The van der Waals surface area contributed by atoms with Crippen molar-refractivity contribution in [3.05, 3.63) is 77.2 Å². The number of hydrogen-bond donors (Lipinski definition) is 2. The number of halogens is 3. The molecular formula is C26H32F3N5. The summed E-state index contributed by atoms with van der Waals surface area (Å²) in [7, 11) is 2.11. The number of fused-ring (bicyclic) bond motifs is 1. The molecular weight excluding hydrogens is 439 g/mol. The minimum atomic E-state index is -4.33. The zero-order chi connectivity index (χ0) is 24.7. The molecule has 0 saturated heterocycles. The fraction of sp³-hybridized carbons (Fsp3) is 0.385. The third-order valence-electron chi connectivity index (χ3n) is 5.60. The molecule has 34 heavy (non-hydrogen) atoms. The second kappa shape index (κ2) is 11.3. The molecule has 0 fully saturated rings. The van der Waals surface area contributed by atoms with Gasteiger partial charge in [-0.15, -0.1) is 0 Å². The second-order valence-corrected chi connectivity index (χ2v) is 8.78. The predicted octanol–water partition coefficient (Wildman–Crippen LogP) is 6.05. The van der Waals surface area contributed by atoms with Crippen molar-refractivity contribution in [2.75, 3.05) is 31.2 Å². The first-order chi connectivity index (χ1) is 16.1. The number of hydrogen-bond acceptors (Lipinski definition) is 5. The molecule has 0 saturated carbocycles. The first-order valence-electron chi connectivity index (χ1n) is 11.5. The third kappa shape index (κ3) is 7.18. The first kappa shape index (κ1) is 25.5. The molecule has 1 aromatic heterocycles. The van der Waals surface area contributed by atoms with Crippen molar-refractivity contribution in [2.24, 2.45) is 0 Å². The van der Waals surface area contributed by atoms with E-state index < -0.39 is 11.7 Å². The molecule has 4 rings (SSSR count). The predicted molar refractivity (Wildman–Crippen MR) is 131 cm³/mol. The summed E-state index contributed by atoms with van der Waals surface area (Å²) in [6.07, 6.45) is -1.65. The van der Waals surface area contributed by atoms with E-state index in [2.05, 4.69) is 22.2 Å². The molecule has 2 heterocycles. The monoisotopic (exact) mass is 471 g/mol. The minimum Gasteiger partial charge on any atom is -0.399 e. The normalized spacial score (nSPS) is 14.4. The van der Waals surface area contributed by atoms with Crippen molar-refractivity contribution in [2.45, 2.75) is 45.2 Å². The zero-order valence-corrected chi connectivity index (χ0v) is 19.9. The molecule has 0 spiro atoms. The Balaban J connectivity index is 0.000000396. The van der Waals surface area contributed by atoms with E-state index in [1.165, 1.54) is 12.1 Å². The van der Waals surface area contributed by atoms with Gasteiger partial charge in [-0.25, -0.2) is 9.97 Å². The number of benzene rings is 2. The Bertz CT molecular complexity index is 1050. The number of nitrogens with two attached hydrogens (primary N) is 1. The van der Waals surface area contributed by atoms with Crippen LogP contribution in [0.15, 0.2) is 54.6 Å². The molecule has 182 valence electrons. The number of aromatic nitrogens is 2. The van der Waals surface area contributed by atoms with Crippen LogP contribution in [0.4, 0.5) is 30.4 Å². The average molecular weight is 472 g/mol. The summed E-state index contributed by atoms with van der Waals surface area (Å²) in [5, 5.41) is 3.23. The van der Waals surface area contributed by atoms with Crippen molar-refractivity contribution in [1.29, 1.82) is 0 Å². The summed E-state index contributed by atoms with van der Waals surface area (Å²) < 4.78 is 38.4. The van der Waals surface area contributed by atoms with Crippen LogP contribution in [-0.2, 0) is 19.0 Å². The first-order valence-corrected chi connectivity index (χ1v) is 11.5. The number of likely N-dealkylation sites (N-methyl/N-ethyl adjacent to an activating group) is 1. The van der Waals surface area contributed by atoms with Crippen LogP contribution in [0.25, 0.3) is 0 Å². The Hall–Kier alpha value is -3.13. The summed E-state index contributed by atoms with van der Waals surface area (Å²) in [6, 6.07) is 14.6. The number of nitrogens with one attached hydrogen (secondary N) is 1. The summed E-state index contributed by atoms with van der Waals surface area (Å²) in [5.41, 5.74) is 8.23. The minimum absolute atomic E-state index is 0.173. The largest absolute Gasteiger partial charge is 0.416 e. The number of para-hydroxylation sites is 1.